The van der Waals surface area contributed by atoms with E-state index in [9.17, 15) is 4.79 Å². The van der Waals surface area contributed by atoms with Crippen molar-refractivity contribution >= 4 is 59.4 Å². The molecule has 1 aromatic rings. The van der Waals surface area contributed by atoms with Crippen molar-refractivity contribution in [3.63, 3.8) is 0 Å². The first-order chi connectivity index (χ1) is 6.99. The summed E-state index contributed by atoms with van der Waals surface area (Å²) in [6, 6.07) is 1.77. The van der Waals surface area contributed by atoms with E-state index in [-0.39, 0.29) is 0 Å². The van der Waals surface area contributed by atoms with Crippen LogP contribution < -0.4 is 5.73 Å². The minimum atomic E-state index is -0.441. The summed E-state index contributed by atoms with van der Waals surface area (Å²) >= 11 is 9.86. The van der Waals surface area contributed by atoms with E-state index >= 15 is 0 Å². The Labute approximate surface area is 113 Å². The Bertz CT molecular complexity index is 381. The molecule has 0 saturated heterocycles. The molecule has 15 heavy (non-hydrogen) atoms. The third kappa shape index (κ3) is 2.73. The van der Waals surface area contributed by atoms with Crippen molar-refractivity contribution in [1.82, 2.24) is 0 Å². The van der Waals surface area contributed by atoms with E-state index in [0.717, 1.165) is 4.47 Å². The molecule has 0 atom stereocenters. The Morgan fingerprint density at radius 2 is 2.00 bits per heavy atom. The molecule has 0 aliphatic heterocycles. The van der Waals surface area contributed by atoms with E-state index < -0.39 is 5.97 Å². The average molecular weight is 402 g/mol. The molecule has 6 heteroatoms. The summed E-state index contributed by atoms with van der Waals surface area (Å²) in [5.74, 6) is -0.441. The number of hydrogen-bond acceptors (Lipinski definition) is 3. The number of nitrogens with two attached hydrogens (primary N) is 1. The van der Waals surface area contributed by atoms with E-state index in [4.69, 9.17) is 10.5 Å². The van der Waals surface area contributed by atoms with Gasteiger partial charge in [-0.25, -0.2) is 4.79 Å². The molecule has 82 valence electrons. The van der Waals surface area contributed by atoms with Gasteiger partial charge in [0, 0.05) is 13.4 Å². The summed E-state index contributed by atoms with van der Waals surface area (Å²) < 4.78 is 6.90. The fourth-order valence-electron chi connectivity index (χ4n) is 1.01. The maximum Gasteiger partial charge on any atom is 0.341 e. The highest BCUT2D eigenvalue weighted by atomic mass is 79.9. The monoisotopic (exact) mass is 399 g/mol. The number of carbonyl (C=O) groups is 1. The van der Waals surface area contributed by atoms with Crippen molar-refractivity contribution in [3.8, 4) is 0 Å². The van der Waals surface area contributed by atoms with Crippen LogP contribution in [0.25, 0.3) is 0 Å². The van der Waals surface area contributed by atoms with Gasteiger partial charge < -0.3 is 10.5 Å². The van der Waals surface area contributed by atoms with E-state index in [1.54, 1.807) is 13.0 Å². The van der Waals surface area contributed by atoms with Crippen LogP contribution in [-0.2, 0) is 4.74 Å². The molecule has 0 radical (unpaired) electrons. The molecule has 0 aromatic heterocycles. The Morgan fingerprint density at radius 1 is 1.40 bits per heavy atom. The van der Waals surface area contributed by atoms with Crippen molar-refractivity contribution in [1.29, 1.82) is 0 Å². The minimum absolute atomic E-state index is 0.314. The molecule has 0 fully saturated rings. The largest absolute Gasteiger partial charge is 0.462 e. The van der Waals surface area contributed by atoms with Gasteiger partial charge in [-0.2, -0.15) is 0 Å². The van der Waals surface area contributed by atoms with Crippen LogP contribution in [-0.4, -0.2) is 12.6 Å². The molecule has 0 heterocycles. The second kappa shape index (κ2) is 5.32. The number of ether oxygens (including phenoxy) is 1. The summed E-state index contributed by atoms with van der Waals surface area (Å²) in [6.45, 7) is 2.06. The highest BCUT2D eigenvalue weighted by Crippen LogP contribution is 2.36. The second-order valence-electron chi connectivity index (χ2n) is 2.66. The van der Waals surface area contributed by atoms with Gasteiger partial charge in [-0.3, -0.25) is 0 Å². The first kappa shape index (κ1) is 13.0. The van der Waals surface area contributed by atoms with Crippen LogP contribution in [0.5, 0.6) is 0 Å². The van der Waals surface area contributed by atoms with Crippen LogP contribution in [0.15, 0.2) is 19.5 Å². The zero-order chi connectivity index (χ0) is 11.6. The van der Waals surface area contributed by atoms with Gasteiger partial charge in [0.2, 0.25) is 0 Å². The zero-order valence-electron chi connectivity index (χ0n) is 7.81. The number of hydrogen-bond donors (Lipinski definition) is 1. The summed E-state index contributed by atoms with van der Waals surface area (Å²) in [5.41, 5.74) is 6.48. The Balaban J connectivity index is 3.32. The van der Waals surface area contributed by atoms with Crippen LogP contribution in [0.2, 0.25) is 0 Å². The topological polar surface area (TPSA) is 52.3 Å². The molecular formula is C9H8Br3NO2. The van der Waals surface area contributed by atoms with Crippen molar-refractivity contribution in [2.24, 2.45) is 0 Å². The van der Waals surface area contributed by atoms with E-state index in [1.807, 2.05) is 0 Å². The zero-order valence-corrected chi connectivity index (χ0v) is 12.6. The van der Waals surface area contributed by atoms with Gasteiger partial charge in [-0.1, -0.05) is 0 Å². The SMILES string of the molecule is CCOC(=O)c1c(N)c(Br)cc(Br)c1Br. The van der Waals surface area contributed by atoms with E-state index in [2.05, 4.69) is 47.8 Å². The molecule has 0 aliphatic carbocycles. The van der Waals surface area contributed by atoms with Crippen LogP contribution in [0.4, 0.5) is 5.69 Å². The average Bonchev–Trinajstić information content (AvgIpc) is 2.16. The van der Waals surface area contributed by atoms with Crippen LogP contribution >= 0.6 is 47.8 Å². The standard InChI is InChI=1S/C9H8Br3NO2/c1-2-15-9(14)6-7(12)4(10)3-5(11)8(6)13/h3H,2,13H2,1H3. The van der Waals surface area contributed by atoms with Gasteiger partial charge in [0.25, 0.3) is 0 Å². The number of halogens is 3. The number of nitrogen functional groups attached to an aromatic ring is 1. The smallest absolute Gasteiger partial charge is 0.341 e. The third-order valence-electron chi connectivity index (χ3n) is 1.69. The predicted molar refractivity (Wildman–Crippen MR) is 69.9 cm³/mol. The first-order valence-electron chi connectivity index (χ1n) is 4.09. The molecule has 0 aliphatic rings. The molecule has 0 bridgehead atoms. The van der Waals surface area contributed by atoms with Gasteiger partial charge in [-0.15, -0.1) is 0 Å². The van der Waals surface area contributed by atoms with Crippen molar-refractivity contribution in [3.05, 3.63) is 25.0 Å². The maximum atomic E-state index is 11.6. The quantitative estimate of drug-likeness (QED) is 0.466. The van der Waals surface area contributed by atoms with Gasteiger partial charge in [-0.05, 0) is 60.8 Å². The fraction of sp³-hybridized carbons (Fsp3) is 0.222. The highest BCUT2D eigenvalue weighted by molar-refractivity contribution is 9.13. The lowest BCUT2D eigenvalue weighted by molar-refractivity contribution is 0.0526. The number of benzene rings is 1. The fourth-order valence-corrected chi connectivity index (χ4v) is 2.66. The molecule has 0 amide bonds. The van der Waals surface area contributed by atoms with Gasteiger partial charge in [0.05, 0.1) is 17.9 Å². The molecule has 0 unspecified atom stereocenters. The van der Waals surface area contributed by atoms with Crippen molar-refractivity contribution in [2.75, 3.05) is 12.3 Å². The van der Waals surface area contributed by atoms with E-state index in [0.29, 0.717) is 26.8 Å². The van der Waals surface area contributed by atoms with Gasteiger partial charge in [0.15, 0.2) is 0 Å². The molecule has 3 nitrogen and oxygen atoms in total. The Kier molecular flexibility index (Phi) is 4.61. The number of anilines is 1. The molecule has 0 saturated carbocycles. The second-order valence-corrected chi connectivity index (χ2v) is 5.17. The van der Waals surface area contributed by atoms with Gasteiger partial charge >= 0.3 is 5.97 Å². The third-order valence-corrected chi connectivity index (χ3v) is 4.33. The summed E-state index contributed by atoms with van der Waals surface area (Å²) in [6.07, 6.45) is 0. The highest BCUT2D eigenvalue weighted by Gasteiger charge is 2.19. The number of rotatable bonds is 2. The molecule has 1 rings (SSSR count). The Hall–Kier alpha value is -0.0700. The van der Waals surface area contributed by atoms with E-state index in [1.165, 1.54) is 0 Å². The lowest BCUT2D eigenvalue weighted by Crippen LogP contribution is -2.09. The summed E-state index contributed by atoms with van der Waals surface area (Å²) in [7, 11) is 0. The van der Waals surface area contributed by atoms with Crippen molar-refractivity contribution in [2.45, 2.75) is 6.92 Å². The Morgan fingerprint density at radius 3 is 2.53 bits per heavy atom. The van der Waals surface area contributed by atoms with Gasteiger partial charge in [0.1, 0.15) is 0 Å². The summed E-state index contributed by atoms with van der Waals surface area (Å²) in [5, 5.41) is 0. The number of carbonyl (C=O) groups excluding carboxylic acids is 1. The van der Waals surface area contributed by atoms with Crippen LogP contribution in [0, 0.1) is 0 Å². The summed E-state index contributed by atoms with van der Waals surface area (Å²) in [4.78, 5) is 11.6. The van der Waals surface area contributed by atoms with Crippen molar-refractivity contribution < 1.29 is 9.53 Å². The predicted octanol–water partition coefficient (Wildman–Crippen LogP) is 3.73. The molecule has 0 spiro atoms. The molecule has 1 aromatic carbocycles. The lowest BCUT2D eigenvalue weighted by atomic mass is 10.2. The number of esters is 1. The normalized spacial score (nSPS) is 10.1. The molecule has 2 N–H and O–H groups in total. The van der Waals surface area contributed by atoms with Crippen LogP contribution in [0.3, 0.4) is 0 Å². The van der Waals surface area contributed by atoms with Crippen LogP contribution in [0.1, 0.15) is 17.3 Å². The lowest BCUT2D eigenvalue weighted by Gasteiger charge is -2.10. The molecular weight excluding hydrogens is 394 g/mol. The maximum absolute atomic E-state index is 11.6. The first-order valence-corrected chi connectivity index (χ1v) is 6.47. The minimum Gasteiger partial charge on any atom is -0.462 e.